The van der Waals surface area contributed by atoms with Crippen LogP contribution in [0.15, 0.2) is 0 Å². The summed E-state index contributed by atoms with van der Waals surface area (Å²) in [4.78, 5) is 69.8. The highest BCUT2D eigenvalue weighted by atomic mass is 31.2. The third-order valence-corrected chi connectivity index (χ3v) is 22.7. The van der Waals surface area contributed by atoms with Gasteiger partial charge in [-0.1, -0.05) is 350 Å². The highest BCUT2D eigenvalue weighted by Gasteiger charge is 2.51. The van der Waals surface area contributed by atoms with E-state index in [2.05, 4.69) is 78.3 Å². The van der Waals surface area contributed by atoms with Crippen LogP contribution in [0, 0.1) is 0 Å². The van der Waals surface area contributed by atoms with Crippen molar-refractivity contribution in [3.05, 3.63) is 0 Å². The van der Waals surface area contributed by atoms with Gasteiger partial charge in [0.05, 0.1) is 88.5 Å². The number of hydrogen-bond donors (Lipinski definition) is 6. The number of phosphoric ester groups is 1. The minimum Gasteiger partial charge on any atom is -0.548 e. The Morgan fingerprint density at radius 1 is 0.417 bits per heavy atom. The quantitative estimate of drug-likeness (QED) is 0.0245. The number of carbonyl (C=O) groups is 4. The number of unbranched alkanes of at least 4 members (excludes halogenated alkanes) is 45. The first-order valence-electron chi connectivity index (χ1n) is 45.8. The van der Waals surface area contributed by atoms with Crippen LogP contribution in [0.25, 0.3) is 0 Å². The van der Waals surface area contributed by atoms with Crippen molar-refractivity contribution in [2.45, 2.75) is 483 Å². The number of ether oxygens (including phenoxy) is 5. The summed E-state index contributed by atoms with van der Waals surface area (Å²) in [7, 11) is -3.92. The molecule has 20 heteroatoms. The van der Waals surface area contributed by atoms with Crippen LogP contribution in [0.1, 0.15) is 428 Å². The third-order valence-electron chi connectivity index (χ3n) is 21.8. The number of aliphatic hydroxyl groups is 1. The molecule has 0 aromatic heterocycles. The van der Waals surface area contributed by atoms with Crippen molar-refractivity contribution in [2.24, 2.45) is 0 Å². The standard InChI is InChI=1S/C82H160N3O15P.C6H15N/c1-8-14-20-26-32-38-41-47-53-59-70(95-62-56-50-44-35-29-23-17-11-4)65-75(87)83-73(81(90)91)69-98-82-79(85-77(89)67-72(61-55-49-43-40-34-28-22-16-10-3)97-64-58-52-46-37-31-25-19-13-6)78(80(74(68-86)99-82)100-101(92,93)94-7)84-76(88)66-71(60-54-48-42-39-33-27-21-15-9-2)96-63-57-51-45-36-30-24-18-12-5;1-4-7(5-2)6-3/h70-74,78-80,82,86H,8-69H2,1-7H3,(H,83,87)(H,84,88)(H,85,89)(H,90,91)(H,92,93);4-6H2,1-3H3/t70-,71-,72-,73+,74-,78+,79-,80-,82-;/m1./s1. The normalized spacial score (nSPS) is 17.6. The smallest absolute Gasteiger partial charge is 0.472 e. The van der Waals surface area contributed by atoms with E-state index in [1.165, 1.54) is 212 Å². The average Bonchev–Trinajstić information content (AvgIpc) is 0.779. The van der Waals surface area contributed by atoms with E-state index >= 15 is 0 Å². The van der Waals surface area contributed by atoms with Crippen LogP contribution in [0.3, 0.4) is 0 Å². The van der Waals surface area contributed by atoms with Crippen LogP contribution in [0.4, 0.5) is 0 Å². The largest absolute Gasteiger partial charge is 0.548 e. The summed E-state index contributed by atoms with van der Waals surface area (Å²) in [6.07, 6.45) is 53.3. The summed E-state index contributed by atoms with van der Waals surface area (Å²) < 4.78 is 56.6. The zero-order valence-electron chi connectivity index (χ0n) is 71.8. The van der Waals surface area contributed by atoms with E-state index in [1.807, 2.05) is 0 Å². The first kappa shape index (κ1) is 106. The van der Waals surface area contributed by atoms with Gasteiger partial charge in [0.1, 0.15) is 18.2 Å². The number of quaternary nitrogens is 1. The van der Waals surface area contributed by atoms with Gasteiger partial charge in [0, 0.05) is 26.9 Å². The molecule has 108 heavy (non-hydrogen) atoms. The summed E-state index contributed by atoms with van der Waals surface area (Å²) in [5.41, 5.74) is 0. The minimum atomic E-state index is -4.92. The molecule has 642 valence electrons. The predicted octanol–water partition coefficient (Wildman–Crippen LogP) is 19.5. The maximum atomic E-state index is 14.9. The molecular weight excluding hydrogens is 1380 g/mol. The Labute approximate surface area is 663 Å². The molecule has 1 heterocycles. The molecule has 10 atom stereocenters. The number of aliphatic hydroxyl groups excluding tert-OH is 1. The molecule has 0 aliphatic carbocycles. The zero-order valence-corrected chi connectivity index (χ0v) is 72.7. The summed E-state index contributed by atoms with van der Waals surface area (Å²) in [6, 6.07) is -4.59. The molecule has 1 aliphatic rings. The summed E-state index contributed by atoms with van der Waals surface area (Å²) >= 11 is 0. The predicted molar refractivity (Wildman–Crippen MR) is 443 cm³/mol. The maximum absolute atomic E-state index is 14.9. The van der Waals surface area contributed by atoms with Gasteiger partial charge in [-0.15, -0.1) is 0 Å². The van der Waals surface area contributed by atoms with Gasteiger partial charge in [-0.05, 0) is 59.3 Å². The molecule has 0 radical (unpaired) electrons. The summed E-state index contributed by atoms with van der Waals surface area (Å²) in [5.74, 6) is -3.21. The first-order valence-corrected chi connectivity index (χ1v) is 47.3. The molecular formula is C88H175N4O15P. The van der Waals surface area contributed by atoms with Crippen LogP contribution in [0.5, 0.6) is 0 Å². The van der Waals surface area contributed by atoms with E-state index in [0.717, 1.165) is 142 Å². The van der Waals surface area contributed by atoms with E-state index in [4.69, 9.17) is 32.7 Å². The number of aliphatic carboxylic acids is 1. The number of carboxylic acid groups (broad SMARTS) is 1. The van der Waals surface area contributed by atoms with E-state index in [9.17, 15) is 38.8 Å². The lowest BCUT2D eigenvalue weighted by atomic mass is 9.93. The van der Waals surface area contributed by atoms with Crippen molar-refractivity contribution < 1.29 is 76.5 Å². The van der Waals surface area contributed by atoms with Gasteiger partial charge in [0.25, 0.3) is 0 Å². The van der Waals surface area contributed by atoms with Gasteiger partial charge in [0.2, 0.25) is 17.7 Å². The second kappa shape index (κ2) is 77.3. The van der Waals surface area contributed by atoms with Gasteiger partial charge in [-0.25, -0.2) is 4.57 Å². The van der Waals surface area contributed by atoms with Crippen molar-refractivity contribution >= 4 is 31.5 Å². The molecule has 6 N–H and O–H groups in total. The van der Waals surface area contributed by atoms with Gasteiger partial charge in [0.15, 0.2) is 6.29 Å². The number of carbonyl (C=O) groups excluding carboxylic acids is 4. The Balaban J connectivity index is 0.0000155. The highest BCUT2D eigenvalue weighted by molar-refractivity contribution is 7.47. The van der Waals surface area contributed by atoms with Gasteiger partial charge in [-0.3, -0.25) is 23.4 Å². The fourth-order valence-corrected chi connectivity index (χ4v) is 15.3. The zero-order chi connectivity index (χ0) is 79.6. The number of carboxylic acids is 1. The Hall–Kier alpha value is -2.29. The highest BCUT2D eigenvalue weighted by Crippen LogP contribution is 2.46. The lowest BCUT2D eigenvalue weighted by Crippen LogP contribution is -3.11. The molecule has 1 rings (SSSR count). The fourth-order valence-electron chi connectivity index (χ4n) is 14.6. The van der Waals surface area contributed by atoms with Crippen molar-refractivity contribution in [2.75, 3.05) is 59.8 Å². The van der Waals surface area contributed by atoms with E-state index in [0.29, 0.717) is 39.1 Å². The lowest BCUT2D eigenvalue weighted by molar-refractivity contribution is -0.894. The summed E-state index contributed by atoms with van der Waals surface area (Å²) in [5, 5.41) is 33.0. The monoisotopic (exact) mass is 1560 g/mol. The second-order valence-electron chi connectivity index (χ2n) is 31.6. The van der Waals surface area contributed by atoms with Crippen molar-refractivity contribution in [1.29, 1.82) is 0 Å². The third kappa shape index (κ3) is 62.1. The number of nitrogens with one attached hydrogen (secondary N) is 4. The number of hydrogen-bond acceptors (Lipinski definition) is 14. The molecule has 0 bridgehead atoms. The minimum absolute atomic E-state index is 0.0822. The van der Waals surface area contributed by atoms with Gasteiger partial charge < -0.3 is 64.4 Å². The second-order valence-corrected chi connectivity index (χ2v) is 33.1. The number of amides is 3. The molecule has 1 unspecified atom stereocenters. The van der Waals surface area contributed by atoms with Gasteiger partial charge >= 0.3 is 7.82 Å². The molecule has 3 amide bonds. The average molecular weight is 1560 g/mol. The number of phosphoric acid groups is 1. The molecule has 0 aromatic carbocycles. The SMILES string of the molecule is CCCCCCCCCCC[C@H](CC(=O)N[C@H]1[C@H](OC[C@H](NC(=O)C[C@@H](CCCCCCCCCCC)OCCCCCCCCCC)C(=O)[O-])O[C@H](CO)[C@@H](OP(=O)(O)OC)[C@H]1NC(=O)C[C@@H](CCCCCCCCCCC)OCCCCCCCCCC)OCCCCCCCCCC.CC[NH+](CC)CC. The van der Waals surface area contributed by atoms with Crippen LogP contribution in [-0.2, 0) is 56.5 Å². The van der Waals surface area contributed by atoms with Crippen molar-refractivity contribution in [3.8, 4) is 0 Å². The maximum Gasteiger partial charge on any atom is 0.472 e. The fraction of sp³-hybridized carbons (Fsp3) is 0.955. The molecule has 0 aromatic rings. The Morgan fingerprint density at radius 3 is 0.963 bits per heavy atom. The van der Waals surface area contributed by atoms with Crippen LogP contribution in [-0.4, -0.2) is 148 Å². The molecule has 0 spiro atoms. The first-order chi connectivity index (χ1) is 52.6. The molecule has 19 nitrogen and oxygen atoms in total. The Morgan fingerprint density at radius 2 is 0.694 bits per heavy atom. The molecule has 1 fully saturated rings. The van der Waals surface area contributed by atoms with Crippen molar-refractivity contribution in [1.82, 2.24) is 16.0 Å². The van der Waals surface area contributed by atoms with Crippen LogP contribution < -0.4 is 26.0 Å². The van der Waals surface area contributed by atoms with Crippen LogP contribution in [0.2, 0.25) is 0 Å². The van der Waals surface area contributed by atoms with Crippen LogP contribution >= 0.6 is 7.82 Å². The van der Waals surface area contributed by atoms with Crippen molar-refractivity contribution in [3.63, 3.8) is 0 Å². The van der Waals surface area contributed by atoms with Gasteiger partial charge in [-0.2, -0.15) is 0 Å². The molecule has 1 aliphatic heterocycles. The van der Waals surface area contributed by atoms with E-state index < -0.39 is 99.7 Å². The number of rotatable bonds is 80. The van der Waals surface area contributed by atoms with E-state index in [-0.39, 0.29) is 19.3 Å². The summed E-state index contributed by atoms with van der Waals surface area (Å²) in [6.45, 7) is 23.7. The lowest BCUT2D eigenvalue weighted by Gasteiger charge is -2.46. The topological polar surface area (TPSA) is 254 Å². The Bertz CT molecular complexity index is 1980. The van der Waals surface area contributed by atoms with E-state index in [1.54, 1.807) is 4.90 Å². The molecule has 0 saturated carbocycles. The Kier molecular flexibility index (Phi) is 75.7. The molecule has 1 saturated heterocycles.